The number of anilines is 2. The predicted octanol–water partition coefficient (Wildman–Crippen LogP) is 4.85. The van der Waals surface area contributed by atoms with Gasteiger partial charge in [0, 0.05) is 31.2 Å². The van der Waals surface area contributed by atoms with Crippen molar-refractivity contribution < 1.29 is 4.74 Å². The van der Waals surface area contributed by atoms with E-state index in [0.717, 1.165) is 41.5 Å². The van der Waals surface area contributed by atoms with E-state index in [4.69, 9.17) is 14.7 Å². The zero-order chi connectivity index (χ0) is 21.4. The van der Waals surface area contributed by atoms with Gasteiger partial charge in [0.05, 0.1) is 18.8 Å². The van der Waals surface area contributed by atoms with E-state index in [1.54, 1.807) is 13.3 Å². The zero-order valence-electron chi connectivity index (χ0n) is 18.3. The van der Waals surface area contributed by atoms with Crippen LogP contribution in [-0.4, -0.2) is 40.1 Å². The van der Waals surface area contributed by atoms with Gasteiger partial charge in [-0.1, -0.05) is 19.9 Å². The molecule has 0 radical (unpaired) electrons. The number of aromatic nitrogens is 4. The highest BCUT2D eigenvalue weighted by molar-refractivity contribution is 5.92. The van der Waals surface area contributed by atoms with Crippen LogP contribution >= 0.6 is 0 Å². The molecule has 0 atom stereocenters. The highest BCUT2D eigenvalue weighted by Crippen LogP contribution is 2.34. The van der Waals surface area contributed by atoms with Crippen molar-refractivity contribution in [2.45, 2.75) is 39.2 Å². The van der Waals surface area contributed by atoms with Gasteiger partial charge < -0.3 is 19.9 Å². The summed E-state index contributed by atoms with van der Waals surface area (Å²) >= 11 is 0. The molecule has 0 bridgehead atoms. The van der Waals surface area contributed by atoms with Gasteiger partial charge in [-0.15, -0.1) is 0 Å². The lowest BCUT2D eigenvalue weighted by molar-refractivity contribution is 0.419. The summed E-state index contributed by atoms with van der Waals surface area (Å²) in [6.45, 7) is 7.18. The lowest BCUT2D eigenvalue weighted by atomic mass is 9.98. The Morgan fingerprint density at radius 2 is 1.97 bits per heavy atom. The monoisotopic (exact) mass is 416 g/mol. The van der Waals surface area contributed by atoms with E-state index in [1.807, 2.05) is 18.2 Å². The average molecular weight is 417 g/mol. The van der Waals surface area contributed by atoms with Gasteiger partial charge in [0.15, 0.2) is 5.65 Å². The Bertz CT molecular complexity index is 1230. The molecule has 0 saturated carbocycles. The van der Waals surface area contributed by atoms with Crippen LogP contribution in [-0.2, 0) is 6.54 Å². The van der Waals surface area contributed by atoms with E-state index in [9.17, 15) is 0 Å². The first-order valence-corrected chi connectivity index (χ1v) is 10.9. The Kier molecular flexibility index (Phi) is 5.10. The summed E-state index contributed by atoms with van der Waals surface area (Å²) < 4.78 is 5.55. The topological polar surface area (TPSA) is 79.0 Å². The molecule has 160 valence electrons. The first-order chi connectivity index (χ1) is 15.1. The summed E-state index contributed by atoms with van der Waals surface area (Å²) in [5, 5.41) is 4.66. The lowest BCUT2D eigenvalue weighted by Crippen LogP contribution is -2.18. The van der Waals surface area contributed by atoms with Crippen LogP contribution in [0.4, 0.5) is 11.6 Å². The van der Waals surface area contributed by atoms with Crippen molar-refractivity contribution in [1.29, 1.82) is 0 Å². The van der Waals surface area contributed by atoms with E-state index in [1.165, 1.54) is 29.4 Å². The van der Waals surface area contributed by atoms with E-state index >= 15 is 0 Å². The zero-order valence-corrected chi connectivity index (χ0v) is 18.3. The second kappa shape index (κ2) is 8.06. The molecule has 0 spiro atoms. The van der Waals surface area contributed by atoms with Crippen molar-refractivity contribution in [3.63, 3.8) is 0 Å². The smallest absolute Gasteiger partial charge is 0.182 e. The predicted molar refractivity (Wildman–Crippen MR) is 125 cm³/mol. The number of fused-ring (bicyclic) bond motifs is 2. The SMILES string of the molecule is COc1ccc(CNc2cnc3ccc(N4CCCC4)nc3n2)c2c(C(C)C)c[nH]c12. The van der Waals surface area contributed by atoms with Gasteiger partial charge in [-0.25, -0.2) is 15.0 Å². The minimum Gasteiger partial charge on any atom is -0.495 e. The molecule has 1 fully saturated rings. The number of nitrogens with zero attached hydrogens (tertiary/aromatic N) is 4. The van der Waals surface area contributed by atoms with Crippen LogP contribution in [0.15, 0.2) is 36.7 Å². The first-order valence-electron chi connectivity index (χ1n) is 10.9. The molecule has 7 nitrogen and oxygen atoms in total. The van der Waals surface area contributed by atoms with Gasteiger partial charge in [-0.05, 0) is 48.1 Å². The second-order valence-corrected chi connectivity index (χ2v) is 8.39. The van der Waals surface area contributed by atoms with E-state index < -0.39 is 0 Å². The third-order valence-corrected chi connectivity index (χ3v) is 6.04. The molecule has 1 aliphatic heterocycles. The summed E-state index contributed by atoms with van der Waals surface area (Å²) in [5.74, 6) is 2.98. The first kappa shape index (κ1) is 19.6. The number of ether oxygens (including phenoxy) is 1. The molecule has 0 amide bonds. The number of aromatic amines is 1. The van der Waals surface area contributed by atoms with E-state index in [-0.39, 0.29) is 0 Å². The van der Waals surface area contributed by atoms with Gasteiger partial charge in [0.25, 0.3) is 0 Å². The third kappa shape index (κ3) is 3.65. The maximum absolute atomic E-state index is 5.55. The number of hydrogen-bond donors (Lipinski definition) is 2. The van der Waals surface area contributed by atoms with E-state index in [0.29, 0.717) is 18.1 Å². The summed E-state index contributed by atoms with van der Waals surface area (Å²) in [4.78, 5) is 19.8. The number of nitrogens with one attached hydrogen (secondary N) is 2. The molecular formula is C24H28N6O. The molecule has 4 aromatic rings. The van der Waals surface area contributed by atoms with Crippen molar-refractivity contribution >= 4 is 33.7 Å². The number of H-pyrrole nitrogens is 1. The van der Waals surface area contributed by atoms with Crippen LogP contribution in [0.5, 0.6) is 5.75 Å². The maximum atomic E-state index is 5.55. The van der Waals surface area contributed by atoms with Crippen molar-refractivity contribution in [1.82, 2.24) is 19.9 Å². The number of methoxy groups -OCH3 is 1. The van der Waals surface area contributed by atoms with Gasteiger partial charge in [-0.2, -0.15) is 0 Å². The summed E-state index contributed by atoms with van der Waals surface area (Å²) in [5.41, 5.74) is 5.01. The summed E-state index contributed by atoms with van der Waals surface area (Å²) in [7, 11) is 1.71. The Hall–Kier alpha value is -3.35. The fourth-order valence-electron chi connectivity index (χ4n) is 4.38. The van der Waals surface area contributed by atoms with Crippen LogP contribution in [0, 0.1) is 0 Å². The molecule has 0 aliphatic carbocycles. The Morgan fingerprint density at radius 1 is 1.13 bits per heavy atom. The molecule has 1 saturated heterocycles. The fourth-order valence-corrected chi connectivity index (χ4v) is 4.38. The lowest BCUT2D eigenvalue weighted by Gasteiger charge is -2.16. The highest BCUT2D eigenvalue weighted by atomic mass is 16.5. The van der Waals surface area contributed by atoms with Crippen molar-refractivity contribution in [2.75, 3.05) is 30.4 Å². The minimum atomic E-state index is 0.410. The number of benzene rings is 1. The summed E-state index contributed by atoms with van der Waals surface area (Å²) in [6.07, 6.45) is 6.31. The quantitative estimate of drug-likeness (QED) is 0.468. The number of rotatable bonds is 6. The maximum Gasteiger partial charge on any atom is 0.182 e. The Labute approximate surface area is 181 Å². The van der Waals surface area contributed by atoms with E-state index in [2.05, 4.69) is 46.3 Å². The Morgan fingerprint density at radius 3 is 2.74 bits per heavy atom. The van der Waals surface area contributed by atoms with Crippen LogP contribution < -0.4 is 15.0 Å². The normalized spacial score (nSPS) is 14.1. The molecule has 7 heteroatoms. The van der Waals surface area contributed by atoms with Crippen LogP contribution in [0.2, 0.25) is 0 Å². The van der Waals surface area contributed by atoms with Gasteiger partial charge >= 0.3 is 0 Å². The highest BCUT2D eigenvalue weighted by Gasteiger charge is 2.16. The van der Waals surface area contributed by atoms with Crippen molar-refractivity contribution in [3.05, 3.63) is 47.8 Å². The molecule has 4 heterocycles. The molecule has 5 rings (SSSR count). The molecule has 1 aliphatic rings. The summed E-state index contributed by atoms with van der Waals surface area (Å²) in [6, 6.07) is 8.18. The second-order valence-electron chi connectivity index (χ2n) is 8.39. The van der Waals surface area contributed by atoms with Gasteiger partial charge in [-0.3, -0.25) is 0 Å². The van der Waals surface area contributed by atoms with Gasteiger partial charge in [0.2, 0.25) is 0 Å². The van der Waals surface area contributed by atoms with Crippen LogP contribution in [0.25, 0.3) is 22.1 Å². The molecule has 2 N–H and O–H groups in total. The fraction of sp³-hybridized carbons (Fsp3) is 0.375. The minimum absolute atomic E-state index is 0.410. The Balaban J connectivity index is 1.44. The van der Waals surface area contributed by atoms with Crippen LogP contribution in [0.3, 0.4) is 0 Å². The average Bonchev–Trinajstić information content (AvgIpc) is 3.47. The van der Waals surface area contributed by atoms with Gasteiger partial charge in [0.1, 0.15) is 22.9 Å². The third-order valence-electron chi connectivity index (χ3n) is 6.04. The molecule has 3 aromatic heterocycles. The van der Waals surface area contributed by atoms with Crippen molar-refractivity contribution in [3.8, 4) is 5.75 Å². The van der Waals surface area contributed by atoms with Crippen molar-refractivity contribution in [2.24, 2.45) is 0 Å². The number of hydrogen-bond acceptors (Lipinski definition) is 6. The number of pyridine rings is 1. The standard InChI is InChI=1S/C24H28N6O/c1-15(2)17-13-27-23-19(31-3)8-6-16(22(17)23)12-26-20-14-25-18-7-9-21(29-24(18)28-20)30-10-4-5-11-30/h6-9,13-15,27H,4-5,10-12H2,1-3H3,(H,26,28,29). The molecule has 31 heavy (non-hydrogen) atoms. The molecular weight excluding hydrogens is 388 g/mol. The molecule has 0 unspecified atom stereocenters. The largest absolute Gasteiger partial charge is 0.495 e. The molecule has 1 aromatic carbocycles. The van der Waals surface area contributed by atoms with Crippen LogP contribution in [0.1, 0.15) is 43.7 Å².